The van der Waals surface area contributed by atoms with Crippen molar-refractivity contribution in [2.45, 2.75) is 29.7 Å². The lowest BCUT2D eigenvalue weighted by Gasteiger charge is -2.06. The Morgan fingerprint density at radius 3 is 2.29 bits per heavy atom. The molecule has 2 aromatic carbocycles. The van der Waals surface area contributed by atoms with Gasteiger partial charge in [0, 0.05) is 6.42 Å². The molecule has 0 unspecified atom stereocenters. The van der Waals surface area contributed by atoms with Crippen molar-refractivity contribution >= 4 is 9.84 Å². The molecule has 0 bridgehead atoms. The van der Waals surface area contributed by atoms with Gasteiger partial charge in [-0.15, -0.1) is 0 Å². The van der Waals surface area contributed by atoms with Crippen LogP contribution in [0.3, 0.4) is 0 Å². The molecule has 0 atom stereocenters. The van der Waals surface area contributed by atoms with Crippen LogP contribution in [-0.4, -0.2) is 18.6 Å². The molecule has 0 N–H and O–H groups in total. The molecule has 1 heterocycles. The van der Waals surface area contributed by atoms with E-state index < -0.39 is 9.84 Å². The van der Waals surface area contributed by atoms with Crippen LogP contribution in [0.5, 0.6) is 5.75 Å². The second-order valence-electron chi connectivity index (χ2n) is 5.03. The van der Waals surface area contributed by atoms with E-state index in [4.69, 9.17) is 9.26 Å². The minimum absolute atomic E-state index is 0.137. The van der Waals surface area contributed by atoms with E-state index in [-0.39, 0.29) is 16.4 Å². The number of hydrogen-bond donors (Lipinski definition) is 0. The van der Waals surface area contributed by atoms with Gasteiger partial charge in [0.15, 0.2) is 12.4 Å². The van der Waals surface area contributed by atoms with Crippen molar-refractivity contribution in [2.75, 3.05) is 0 Å². The third-order valence-corrected chi connectivity index (χ3v) is 5.16. The minimum Gasteiger partial charge on any atom is -0.484 e. The third-order valence-electron chi connectivity index (χ3n) is 3.38. The predicted octanol–water partition coefficient (Wildman–Crippen LogP) is 3.04. The highest BCUT2D eigenvalue weighted by Gasteiger charge is 2.17. The summed E-state index contributed by atoms with van der Waals surface area (Å²) in [6.45, 7) is 2.07. The molecule has 0 aliphatic rings. The summed E-state index contributed by atoms with van der Waals surface area (Å²) in [6, 6.07) is 14.5. The molecule has 0 spiro atoms. The normalized spacial score (nSPS) is 11.4. The zero-order chi connectivity index (χ0) is 17.0. The molecule has 0 saturated carbocycles. The maximum Gasteiger partial charge on any atom is 0.264 e. The molecule has 124 valence electrons. The standard InChI is InChI=1S/C17H16N2O4S/c1-2-16-18-17(23-19-16)12-22-13-8-10-15(11-9-13)24(20,21)14-6-4-3-5-7-14/h3-11H,2,12H2,1H3. The zero-order valence-corrected chi connectivity index (χ0v) is 13.9. The first-order chi connectivity index (χ1) is 11.6. The van der Waals surface area contributed by atoms with Crippen LogP contribution in [0.1, 0.15) is 18.6 Å². The van der Waals surface area contributed by atoms with Crippen LogP contribution in [0.4, 0.5) is 0 Å². The van der Waals surface area contributed by atoms with Crippen LogP contribution in [0.25, 0.3) is 0 Å². The van der Waals surface area contributed by atoms with Crippen molar-refractivity contribution in [2.24, 2.45) is 0 Å². The van der Waals surface area contributed by atoms with Gasteiger partial charge in [-0.05, 0) is 36.4 Å². The average molecular weight is 344 g/mol. The van der Waals surface area contributed by atoms with Crippen molar-refractivity contribution in [3.63, 3.8) is 0 Å². The van der Waals surface area contributed by atoms with Gasteiger partial charge < -0.3 is 9.26 Å². The highest BCUT2D eigenvalue weighted by atomic mass is 32.2. The molecule has 6 nitrogen and oxygen atoms in total. The second kappa shape index (κ2) is 6.84. The van der Waals surface area contributed by atoms with E-state index in [2.05, 4.69) is 10.1 Å². The first kappa shape index (κ1) is 16.2. The maximum atomic E-state index is 12.5. The van der Waals surface area contributed by atoms with Crippen LogP contribution in [-0.2, 0) is 22.9 Å². The van der Waals surface area contributed by atoms with Crippen LogP contribution >= 0.6 is 0 Å². The Morgan fingerprint density at radius 1 is 1.00 bits per heavy atom. The summed E-state index contributed by atoms with van der Waals surface area (Å²) in [4.78, 5) is 4.62. The van der Waals surface area contributed by atoms with Gasteiger partial charge >= 0.3 is 0 Å². The van der Waals surface area contributed by atoms with E-state index >= 15 is 0 Å². The largest absolute Gasteiger partial charge is 0.484 e. The minimum atomic E-state index is -3.52. The van der Waals surface area contributed by atoms with Crippen molar-refractivity contribution in [3.8, 4) is 5.75 Å². The first-order valence-corrected chi connectivity index (χ1v) is 8.92. The van der Waals surface area contributed by atoms with Crippen molar-refractivity contribution < 1.29 is 17.7 Å². The monoisotopic (exact) mass is 344 g/mol. The molecule has 0 aliphatic heterocycles. The summed E-state index contributed by atoms with van der Waals surface area (Å²) >= 11 is 0. The highest BCUT2D eigenvalue weighted by Crippen LogP contribution is 2.23. The Labute approximate surface area is 140 Å². The second-order valence-corrected chi connectivity index (χ2v) is 6.98. The molecule has 0 fully saturated rings. The summed E-state index contributed by atoms with van der Waals surface area (Å²) in [7, 11) is -3.52. The van der Waals surface area contributed by atoms with Gasteiger partial charge in [-0.3, -0.25) is 0 Å². The van der Waals surface area contributed by atoms with Crippen LogP contribution in [0.2, 0.25) is 0 Å². The summed E-state index contributed by atoms with van der Waals surface area (Å²) in [6.07, 6.45) is 0.690. The van der Waals surface area contributed by atoms with E-state index in [1.54, 1.807) is 42.5 Å². The molecule has 1 aromatic heterocycles. The van der Waals surface area contributed by atoms with Gasteiger partial charge in [0.05, 0.1) is 9.79 Å². The van der Waals surface area contributed by atoms with Crippen molar-refractivity contribution in [3.05, 3.63) is 66.3 Å². The number of rotatable bonds is 6. The summed E-state index contributed by atoms with van der Waals surface area (Å²) in [5, 5.41) is 3.78. The van der Waals surface area contributed by atoms with E-state index in [9.17, 15) is 8.42 Å². The smallest absolute Gasteiger partial charge is 0.264 e. The Bertz CT molecular complexity index is 903. The average Bonchev–Trinajstić information content (AvgIpc) is 3.09. The van der Waals surface area contributed by atoms with Gasteiger partial charge in [0.2, 0.25) is 9.84 Å². The summed E-state index contributed by atoms with van der Waals surface area (Å²) in [5.74, 6) is 1.53. The van der Waals surface area contributed by atoms with Gasteiger partial charge in [-0.25, -0.2) is 8.42 Å². The number of ether oxygens (including phenoxy) is 1. The van der Waals surface area contributed by atoms with E-state index in [1.807, 2.05) is 6.92 Å². The fourth-order valence-corrected chi connectivity index (χ4v) is 3.37. The molecule has 24 heavy (non-hydrogen) atoms. The number of hydrogen-bond acceptors (Lipinski definition) is 6. The number of aromatic nitrogens is 2. The van der Waals surface area contributed by atoms with E-state index in [0.717, 1.165) is 0 Å². The van der Waals surface area contributed by atoms with Gasteiger partial charge in [-0.1, -0.05) is 30.3 Å². The molecule has 0 amide bonds. The number of sulfone groups is 1. The first-order valence-electron chi connectivity index (χ1n) is 7.44. The molecular weight excluding hydrogens is 328 g/mol. The fourth-order valence-electron chi connectivity index (χ4n) is 2.09. The predicted molar refractivity (Wildman–Crippen MR) is 86.3 cm³/mol. The fraction of sp³-hybridized carbons (Fsp3) is 0.176. The van der Waals surface area contributed by atoms with Crippen LogP contribution in [0.15, 0.2) is 68.9 Å². The highest BCUT2D eigenvalue weighted by molar-refractivity contribution is 7.91. The van der Waals surface area contributed by atoms with E-state index in [0.29, 0.717) is 23.9 Å². The van der Waals surface area contributed by atoms with E-state index in [1.165, 1.54) is 12.1 Å². The Morgan fingerprint density at radius 2 is 1.67 bits per heavy atom. The van der Waals surface area contributed by atoms with Gasteiger partial charge in [0.25, 0.3) is 5.89 Å². The third kappa shape index (κ3) is 3.46. The molecular formula is C17H16N2O4S. The zero-order valence-electron chi connectivity index (χ0n) is 13.0. The summed E-state index contributed by atoms with van der Waals surface area (Å²) in [5.41, 5.74) is 0. The lowest BCUT2D eigenvalue weighted by Crippen LogP contribution is -2.02. The maximum absolute atomic E-state index is 12.5. The van der Waals surface area contributed by atoms with Crippen LogP contribution in [0, 0.1) is 0 Å². The molecule has 0 saturated heterocycles. The number of benzene rings is 2. The number of nitrogens with zero attached hydrogens (tertiary/aromatic N) is 2. The molecule has 3 rings (SSSR count). The Hall–Kier alpha value is -2.67. The molecule has 0 radical (unpaired) electrons. The summed E-state index contributed by atoms with van der Waals surface area (Å²) < 4.78 is 35.5. The quantitative estimate of drug-likeness (QED) is 0.683. The Kier molecular flexibility index (Phi) is 4.61. The van der Waals surface area contributed by atoms with Gasteiger partial charge in [-0.2, -0.15) is 4.98 Å². The molecule has 3 aromatic rings. The van der Waals surface area contributed by atoms with Crippen molar-refractivity contribution in [1.29, 1.82) is 0 Å². The van der Waals surface area contributed by atoms with Gasteiger partial charge in [0.1, 0.15) is 5.75 Å². The topological polar surface area (TPSA) is 82.3 Å². The number of aryl methyl sites for hydroxylation is 1. The molecule has 7 heteroatoms. The lowest BCUT2D eigenvalue weighted by atomic mass is 10.3. The van der Waals surface area contributed by atoms with Crippen molar-refractivity contribution in [1.82, 2.24) is 10.1 Å². The molecule has 0 aliphatic carbocycles. The van der Waals surface area contributed by atoms with Crippen LogP contribution < -0.4 is 4.74 Å². The SMILES string of the molecule is CCc1noc(COc2ccc(S(=O)(=O)c3ccccc3)cc2)n1. The lowest BCUT2D eigenvalue weighted by molar-refractivity contribution is 0.242. The Balaban J connectivity index is 1.71.